The third-order valence-electron chi connectivity index (χ3n) is 6.37. The predicted molar refractivity (Wildman–Crippen MR) is 114 cm³/mol. The van der Waals surface area contributed by atoms with Crippen molar-refractivity contribution in [2.45, 2.75) is 11.3 Å². The molecule has 1 aliphatic heterocycles. The van der Waals surface area contributed by atoms with Crippen molar-refractivity contribution in [3.63, 3.8) is 0 Å². The van der Waals surface area contributed by atoms with Gasteiger partial charge in [0.25, 0.3) is 0 Å². The number of aliphatic hydroxyl groups is 2. The van der Waals surface area contributed by atoms with Crippen LogP contribution in [-0.4, -0.2) is 43.4 Å². The van der Waals surface area contributed by atoms with Crippen LogP contribution in [0.15, 0.2) is 89.4 Å². The summed E-state index contributed by atoms with van der Waals surface area (Å²) >= 11 is 0. The van der Waals surface area contributed by atoms with Crippen molar-refractivity contribution in [3.8, 4) is 0 Å². The molecule has 3 aromatic carbocycles. The number of carbonyl (C=O) groups excluding carboxylic acids is 2. The van der Waals surface area contributed by atoms with E-state index < -0.39 is 22.9 Å². The summed E-state index contributed by atoms with van der Waals surface area (Å²) in [6, 6.07) is 21.3. The Morgan fingerprint density at radius 3 is 2.06 bits per heavy atom. The molecule has 1 heterocycles. The van der Waals surface area contributed by atoms with E-state index in [9.17, 15) is 25.0 Å². The van der Waals surface area contributed by atoms with E-state index in [4.69, 9.17) is 0 Å². The number of ketones is 2. The van der Waals surface area contributed by atoms with Gasteiger partial charge in [0.1, 0.15) is 5.71 Å². The summed E-state index contributed by atoms with van der Waals surface area (Å²) in [5.74, 6) is -1.33. The molecule has 0 saturated heterocycles. The first-order valence-corrected chi connectivity index (χ1v) is 10.0. The van der Waals surface area contributed by atoms with Gasteiger partial charge >= 0.3 is 0 Å². The lowest BCUT2D eigenvalue weighted by Gasteiger charge is -2.35. The smallest absolute Gasteiger partial charge is 0.230 e. The first-order chi connectivity index (χ1) is 15.4. The van der Waals surface area contributed by atoms with Gasteiger partial charge in [-0.25, -0.2) is 10.1 Å². The van der Waals surface area contributed by atoms with Gasteiger partial charge in [-0.2, -0.15) is 0 Å². The summed E-state index contributed by atoms with van der Waals surface area (Å²) in [6.07, 6.45) is 0. The number of hydrogen-bond donors (Lipinski definition) is 3. The molecule has 32 heavy (non-hydrogen) atoms. The van der Waals surface area contributed by atoms with Crippen LogP contribution in [-0.2, 0) is 5.72 Å². The molecule has 3 N–H and O–H groups in total. The van der Waals surface area contributed by atoms with Gasteiger partial charge in [-0.05, 0) is 12.1 Å². The third kappa shape index (κ3) is 1.98. The second-order valence-electron chi connectivity index (χ2n) is 7.96. The molecular formula is C25H16N2O5. The van der Waals surface area contributed by atoms with Crippen LogP contribution in [0.2, 0.25) is 0 Å². The zero-order valence-electron chi connectivity index (χ0n) is 16.6. The largest absolute Gasteiger partial charge is 0.372 e. The van der Waals surface area contributed by atoms with Crippen molar-refractivity contribution >= 4 is 28.7 Å². The number of carbonyl (C=O) groups is 2. The van der Waals surface area contributed by atoms with E-state index in [-0.39, 0.29) is 33.7 Å². The average Bonchev–Trinajstić information content (AvgIpc) is 3.12. The van der Waals surface area contributed by atoms with Crippen LogP contribution >= 0.6 is 0 Å². The maximum Gasteiger partial charge on any atom is 0.230 e. The molecule has 0 radical (unpaired) electrons. The number of para-hydroxylation sites is 1. The van der Waals surface area contributed by atoms with Crippen molar-refractivity contribution in [1.29, 1.82) is 0 Å². The standard InChI is InChI=1S/C25H16N2O5/c28-22-16-11-5-4-10-15(16)21-19(20(22)26-14-8-2-1-3-9-14)24(30)23(29)17-12-6-7-13-18(17)25(24,31)27(21)32/h1-13,30-32H. The van der Waals surface area contributed by atoms with Gasteiger partial charge < -0.3 is 10.2 Å². The molecule has 2 unspecified atom stereocenters. The molecule has 156 valence electrons. The van der Waals surface area contributed by atoms with Crippen molar-refractivity contribution in [1.82, 2.24) is 5.06 Å². The maximum atomic E-state index is 13.5. The number of fused-ring (bicyclic) bond motifs is 6. The van der Waals surface area contributed by atoms with Crippen molar-refractivity contribution < 1.29 is 25.0 Å². The van der Waals surface area contributed by atoms with Crippen LogP contribution < -0.4 is 0 Å². The van der Waals surface area contributed by atoms with E-state index >= 15 is 0 Å². The molecule has 0 saturated carbocycles. The van der Waals surface area contributed by atoms with Crippen LogP contribution in [0, 0.1) is 0 Å². The highest BCUT2D eigenvalue weighted by Crippen LogP contribution is 2.59. The lowest BCUT2D eigenvalue weighted by Crippen LogP contribution is -2.57. The van der Waals surface area contributed by atoms with Crippen molar-refractivity contribution in [2.24, 2.45) is 4.99 Å². The van der Waals surface area contributed by atoms with Crippen LogP contribution in [0.5, 0.6) is 0 Å². The number of hydroxylamine groups is 2. The molecule has 0 aromatic heterocycles. The second-order valence-corrected chi connectivity index (χ2v) is 7.96. The molecule has 3 aromatic rings. The van der Waals surface area contributed by atoms with Gasteiger partial charge in [0.2, 0.25) is 22.9 Å². The zero-order valence-corrected chi connectivity index (χ0v) is 16.6. The van der Waals surface area contributed by atoms with E-state index in [1.165, 1.54) is 12.1 Å². The molecule has 2 atom stereocenters. The first kappa shape index (κ1) is 18.8. The van der Waals surface area contributed by atoms with Crippen LogP contribution in [0.3, 0.4) is 0 Å². The number of aliphatic imine (C=N–C) groups is 1. The number of hydrogen-bond acceptors (Lipinski definition) is 7. The molecule has 0 fully saturated rings. The topological polar surface area (TPSA) is 110 Å². The van der Waals surface area contributed by atoms with E-state index in [1.807, 2.05) is 0 Å². The third-order valence-corrected chi connectivity index (χ3v) is 6.37. The Balaban J connectivity index is 1.72. The molecule has 6 rings (SSSR count). The summed E-state index contributed by atoms with van der Waals surface area (Å²) in [6.45, 7) is 0. The fraction of sp³-hybridized carbons (Fsp3) is 0.0800. The van der Waals surface area contributed by atoms with E-state index in [1.54, 1.807) is 66.7 Å². The highest BCUT2D eigenvalue weighted by Gasteiger charge is 2.74. The molecular weight excluding hydrogens is 408 g/mol. The molecule has 0 bridgehead atoms. The molecule has 7 heteroatoms. The lowest BCUT2D eigenvalue weighted by molar-refractivity contribution is -0.264. The fourth-order valence-electron chi connectivity index (χ4n) is 4.93. The summed E-state index contributed by atoms with van der Waals surface area (Å²) in [4.78, 5) is 31.4. The number of benzene rings is 3. The zero-order chi connectivity index (χ0) is 22.3. The van der Waals surface area contributed by atoms with Crippen LogP contribution in [0.4, 0.5) is 5.69 Å². The number of Topliss-reactive ketones (excluding diaryl/α,β-unsaturated/α-hetero) is 2. The summed E-state index contributed by atoms with van der Waals surface area (Å²) in [5.41, 5.74) is -4.51. The number of rotatable bonds is 1. The Kier molecular flexibility index (Phi) is 3.57. The van der Waals surface area contributed by atoms with E-state index in [2.05, 4.69) is 4.99 Å². The minimum atomic E-state index is -2.63. The Hall–Kier alpha value is -3.91. The highest BCUT2D eigenvalue weighted by atomic mass is 16.6. The van der Waals surface area contributed by atoms with Gasteiger partial charge in [-0.1, -0.05) is 66.7 Å². The second kappa shape index (κ2) is 6.08. The fourth-order valence-corrected chi connectivity index (χ4v) is 4.93. The van der Waals surface area contributed by atoms with Gasteiger partial charge in [-0.3, -0.25) is 14.8 Å². The Labute approximate surface area is 182 Å². The molecule has 7 nitrogen and oxygen atoms in total. The van der Waals surface area contributed by atoms with Gasteiger partial charge in [0.05, 0.1) is 17.0 Å². The lowest BCUT2D eigenvalue weighted by atomic mass is 9.77. The van der Waals surface area contributed by atoms with Gasteiger partial charge in [0.15, 0.2) is 0 Å². The molecule has 3 aliphatic rings. The van der Waals surface area contributed by atoms with E-state index in [0.717, 1.165) is 0 Å². The predicted octanol–water partition coefficient (Wildman–Crippen LogP) is 2.84. The van der Waals surface area contributed by atoms with Crippen LogP contribution in [0.25, 0.3) is 5.70 Å². The maximum absolute atomic E-state index is 13.5. The Morgan fingerprint density at radius 1 is 0.750 bits per heavy atom. The first-order valence-electron chi connectivity index (χ1n) is 10.0. The van der Waals surface area contributed by atoms with Gasteiger partial charge in [-0.15, -0.1) is 0 Å². The summed E-state index contributed by atoms with van der Waals surface area (Å²) in [7, 11) is 0. The molecule has 0 amide bonds. The van der Waals surface area contributed by atoms with Crippen molar-refractivity contribution in [2.75, 3.05) is 0 Å². The minimum Gasteiger partial charge on any atom is -0.372 e. The van der Waals surface area contributed by atoms with Crippen molar-refractivity contribution in [3.05, 3.63) is 107 Å². The van der Waals surface area contributed by atoms with Gasteiger partial charge in [0, 0.05) is 22.3 Å². The van der Waals surface area contributed by atoms with Crippen LogP contribution in [0.1, 0.15) is 31.8 Å². The van der Waals surface area contributed by atoms with E-state index in [0.29, 0.717) is 16.3 Å². The SMILES string of the molecule is O=C1C(=Nc2ccccc2)C2=C(c3ccccc31)N(O)C1(O)c3ccccc3C(=O)C21O. The number of nitrogens with zero attached hydrogens (tertiary/aromatic N) is 2. The Bertz CT molecular complexity index is 1410. The highest BCUT2D eigenvalue weighted by molar-refractivity contribution is 6.56. The normalized spacial score (nSPS) is 26.8. The summed E-state index contributed by atoms with van der Waals surface area (Å²) in [5, 5.41) is 35.3. The quantitative estimate of drug-likeness (QED) is 0.554. The molecule has 0 spiro atoms. The monoisotopic (exact) mass is 424 g/mol. The minimum absolute atomic E-state index is 0.0252. The summed E-state index contributed by atoms with van der Waals surface area (Å²) < 4.78 is 0. The molecule has 2 aliphatic carbocycles. The Morgan fingerprint density at radius 2 is 1.34 bits per heavy atom. The average molecular weight is 424 g/mol.